The van der Waals surface area contributed by atoms with Crippen LogP contribution in [0.15, 0.2) is 58.6 Å². The van der Waals surface area contributed by atoms with Gasteiger partial charge in [0.15, 0.2) is 0 Å². The van der Waals surface area contributed by atoms with Gasteiger partial charge in [-0.1, -0.05) is 42.1 Å². The lowest BCUT2D eigenvalue weighted by molar-refractivity contribution is -0.186. The molecule has 2 aromatic carbocycles. The lowest BCUT2D eigenvalue weighted by Crippen LogP contribution is -2.49. The van der Waals surface area contributed by atoms with Gasteiger partial charge in [0.05, 0.1) is 5.60 Å². The summed E-state index contributed by atoms with van der Waals surface area (Å²) in [5.41, 5.74) is 0.0425. The number of benzene rings is 2. The van der Waals surface area contributed by atoms with Crippen LogP contribution in [-0.2, 0) is 9.71 Å². The quantitative estimate of drug-likeness (QED) is 0.172. The third-order valence-electron chi connectivity index (χ3n) is 5.43. The van der Waals surface area contributed by atoms with Crippen molar-refractivity contribution < 1.29 is 18.4 Å². The number of hydrazone groups is 1. The lowest BCUT2D eigenvalue weighted by atomic mass is 10.0. The molecule has 12 heteroatoms. The molecule has 0 aromatic heterocycles. The average Bonchev–Trinajstić information content (AvgIpc) is 3.26. The van der Waals surface area contributed by atoms with Gasteiger partial charge in [0.25, 0.3) is 0 Å². The number of amides is 2. The van der Waals surface area contributed by atoms with Gasteiger partial charge in [0.1, 0.15) is 21.5 Å². The first-order chi connectivity index (χ1) is 18.0. The Balaban J connectivity index is 2.05. The number of nitrogens with one attached hydrogen (secondary N) is 2. The number of rotatable bonds is 7. The van der Waals surface area contributed by atoms with Crippen LogP contribution in [0.25, 0.3) is 0 Å². The second-order valence-corrected chi connectivity index (χ2v) is 10.7. The number of thioether (sulfide) groups is 1. The summed E-state index contributed by atoms with van der Waals surface area (Å²) in [6.07, 6.45) is 2.61. The van der Waals surface area contributed by atoms with Gasteiger partial charge in [0.2, 0.25) is 12.2 Å². The molecular weight excluding hydrogens is 512 g/mol. The van der Waals surface area contributed by atoms with Gasteiger partial charge >= 0.3 is 6.03 Å². The van der Waals surface area contributed by atoms with E-state index in [0.717, 1.165) is 28.8 Å². The molecule has 1 aliphatic heterocycles. The minimum Gasteiger partial charge on any atom is -0.359 e. The van der Waals surface area contributed by atoms with Crippen LogP contribution in [0.4, 0.5) is 13.6 Å². The normalized spacial score (nSPS) is 17.6. The molecule has 2 amide bonds. The third kappa shape index (κ3) is 6.79. The van der Waals surface area contributed by atoms with Crippen molar-refractivity contribution in [1.82, 2.24) is 20.7 Å². The highest BCUT2D eigenvalue weighted by molar-refractivity contribution is 8.15. The summed E-state index contributed by atoms with van der Waals surface area (Å²) in [4.78, 5) is 22.1. The largest absolute Gasteiger partial charge is 0.365 e. The number of nitrogens with zero attached hydrogens (tertiary/aromatic N) is 5. The van der Waals surface area contributed by atoms with Gasteiger partial charge in [-0.2, -0.15) is 15.4 Å². The molecule has 0 spiro atoms. The van der Waals surface area contributed by atoms with E-state index in [4.69, 9.17) is 10.1 Å². The zero-order chi connectivity index (χ0) is 27.9. The molecule has 1 heterocycles. The van der Waals surface area contributed by atoms with Crippen molar-refractivity contribution in [3.63, 3.8) is 0 Å². The summed E-state index contributed by atoms with van der Waals surface area (Å²) in [6.45, 7) is 5.84. The minimum absolute atomic E-state index is 0.0400. The minimum atomic E-state index is -1.10. The second-order valence-electron chi connectivity index (χ2n) is 9.42. The van der Waals surface area contributed by atoms with E-state index in [1.54, 1.807) is 13.2 Å². The molecule has 0 aliphatic carbocycles. The topological polar surface area (TPSA) is 105 Å². The zero-order valence-electron chi connectivity index (χ0n) is 22.0. The predicted molar refractivity (Wildman–Crippen MR) is 144 cm³/mol. The van der Waals surface area contributed by atoms with Gasteiger partial charge in [-0.15, -0.1) is 4.99 Å². The summed E-state index contributed by atoms with van der Waals surface area (Å²) in [7, 11) is 3.13. The Morgan fingerprint density at radius 3 is 2.61 bits per heavy atom. The maximum atomic E-state index is 14.8. The molecule has 0 bridgehead atoms. The molecule has 0 fully saturated rings. The van der Waals surface area contributed by atoms with Gasteiger partial charge in [0, 0.05) is 26.2 Å². The molecule has 202 valence electrons. The van der Waals surface area contributed by atoms with E-state index < -0.39 is 28.1 Å². The van der Waals surface area contributed by atoms with Crippen LogP contribution in [0.2, 0.25) is 0 Å². The fraction of sp³-hybridized carbons (Fsp3) is 0.385. The van der Waals surface area contributed by atoms with Crippen LogP contribution in [0.1, 0.15) is 44.7 Å². The molecule has 0 saturated carbocycles. The standard InChI is InChI=1S/C26H31F2N7O2S/c1-25(2,3)37-34(5)24(36)35-26(18-10-7-6-8-11-18,14-9-15-31-23(30-4)32-17-29)38-22(33-35)20-16-19(27)12-13-21(20)28/h6-8,10-13,16H,9,14-15H2,1-5H3,(H2,30,31,32). The number of halogens is 2. The molecule has 1 aliphatic rings. The van der Waals surface area contributed by atoms with Crippen LogP contribution < -0.4 is 10.6 Å². The first-order valence-corrected chi connectivity index (χ1v) is 12.8. The summed E-state index contributed by atoms with van der Waals surface area (Å²) in [5.74, 6) is -0.958. The number of hydrogen-bond acceptors (Lipinski definition) is 6. The molecular formula is C26H31F2N7O2S. The Hall–Kier alpha value is -3.69. The molecule has 2 aromatic rings. The Labute approximate surface area is 225 Å². The van der Waals surface area contributed by atoms with Gasteiger partial charge in [-0.25, -0.2) is 18.6 Å². The molecule has 1 atom stereocenters. The van der Waals surface area contributed by atoms with Crippen LogP contribution in [-0.4, -0.2) is 53.3 Å². The van der Waals surface area contributed by atoms with E-state index >= 15 is 0 Å². The van der Waals surface area contributed by atoms with Crippen LogP contribution in [0, 0.1) is 23.1 Å². The fourth-order valence-electron chi connectivity index (χ4n) is 3.90. The third-order valence-corrected chi connectivity index (χ3v) is 6.87. The molecule has 0 radical (unpaired) electrons. The maximum absolute atomic E-state index is 14.8. The predicted octanol–water partition coefficient (Wildman–Crippen LogP) is 4.74. The van der Waals surface area contributed by atoms with Crippen molar-refractivity contribution in [3.8, 4) is 6.19 Å². The smallest absolute Gasteiger partial charge is 0.359 e. The Morgan fingerprint density at radius 1 is 1.26 bits per heavy atom. The average molecular weight is 544 g/mol. The SMILES string of the molecule is CNC(=NC#N)NCCCC1(c2ccccc2)SC(c2cc(F)ccc2F)=NN1C(=O)N(C)OC(C)(C)C. The number of guanidine groups is 1. The van der Waals surface area contributed by atoms with Crippen molar-refractivity contribution in [3.05, 3.63) is 71.3 Å². The highest BCUT2D eigenvalue weighted by atomic mass is 32.2. The summed E-state index contributed by atoms with van der Waals surface area (Å²) in [5, 5.41) is 21.8. The van der Waals surface area contributed by atoms with E-state index in [1.807, 2.05) is 51.1 Å². The first-order valence-electron chi connectivity index (χ1n) is 11.9. The molecule has 2 N–H and O–H groups in total. The van der Waals surface area contributed by atoms with Crippen LogP contribution >= 0.6 is 11.8 Å². The van der Waals surface area contributed by atoms with Gasteiger partial charge in [-0.3, -0.25) is 4.84 Å². The highest BCUT2D eigenvalue weighted by Crippen LogP contribution is 2.51. The van der Waals surface area contributed by atoms with E-state index in [9.17, 15) is 13.6 Å². The molecule has 0 saturated heterocycles. The molecule has 38 heavy (non-hydrogen) atoms. The van der Waals surface area contributed by atoms with Crippen molar-refractivity contribution in [1.29, 1.82) is 5.26 Å². The Bertz CT molecular complexity index is 1240. The Kier molecular flexibility index (Phi) is 9.30. The molecule has 9 nitrogen and oxygen atoms in total. The number of urea groups is 1. The van der Waals surface area contributed by atoms with Gasteiger partial charge in [-0.05, 0) is 57.4 Å². The number of aliphatic imine (C=N–C) groups is 1. The number of hydroxylamine groups is 2. The van der Waals surface area contributed by atoms with Crippen molar-refractivity contribution in [2.75, 3.05) is 20.6 Å². The lowest BCUT2D eigenvalue weighted by Gasteiger charge is -2.38. The summed E-state index contributed by atoms with van der Waals surface area (Å²) in [6, 6.07) is 11.8. The van der Waals surface area contributed by atoms with Crippen LogP contribution in [0.5, 0.6) is 0 Å². The number of hydrogen-bond donors (Lipinski definition) is 2. The van der Waals surface area contributed by atoms with E-state index in [-0.39, 0.29) is 10.6 Å². The molecule has 3 rings (SSSR count). The fourth-order valence-corrected chi connectivity index (χ4v) is 5.31. The summed E-state index contributed by atoms with van der Waals surface area (Å²) >= 11 is 1.17. The zero-order valence-corrected chi connectivity index (χ0v) is 22.8. The maximum Gasteiger partial charge on any atom is 0.365 e. The number of nitriles is 1. The number of carbonyl (C=O) groups excluding carboxylic acids is 1. The first kappa shape index (κ1) is 28.9. The molecule has 1 unspecified atom stereocenters. The van der Waals surface area contributed by atoms with Crippen molar-refractivity contribution >= 4 is 28.8 Å². The highest BCUT2D eigenvalue weighted by Gasteiger charge is 2.50. The van der Waals surface area contributed by atoms with Crippen LogP contribution in [0.3, 0.4) is 0 Å². The van der Waals surface area contributed by atoms with Gasteiger partial charge < -0.3 is 10.6 Å². The summed E-state index contributed by atoms with van der Waals surface area (Å²) < 4.78 is 29.0. The number of carbonyl (C=O) groups is 1. The Morgan fingerprint density at radius 2 is 1.97 bits per heavy atom. The monoisotopic (exact) mass is 543 g/mol. The van der Waals surface area contributed by atoms with Crippen molar-refractivity contribution in [2.24, 2.45) is 10.1 Å². The van der Waals surface area contributed by atoms with Crippen molar-refractivity contribution in [2.45, 2.75) is 44.1 Å². The van der Waals surface area contributed by atoms with E-state index in [0.29, 0.717) is 25.3 Å². The second kappa shape index (κ2) is 12.2. The van der Waals surface area contributed by atoms with E-state index in [2.05, 4.69) is 20.7 Å². The van der Waals surface area contributed by atoms with E-state index in [1.165, 1.54) is 23.8 Å².